The van der Waals surface area contributed by atoms with E-state index in [0.29, 0.717) is 23.2 Å². The maximum atomic E-state index is 13.2. The average Bonchev–Trinajstić information content (AvgIpc) is 3.15. The van der Waals surface area contributed by atoms with Crippen LogP contribution >= 0.6 is 11.3 Å². The fourth-order valence-electron chi connectivity index (χ4n) is 3.78. The summed E-state index contributed by atoms with van der Waals surface area (Å²) in [6, 6.07) is 10.1. The highest BCUT2D eigenvalue weighted by atomic mass is 32.1. The van der Waals surface area contributed by atoms with Crippen LogP contribution in [-0.2, 0) is 4.74 Å². The molecule has 3 heterocycles. The van der Waals surface area contributed by atoms with Crippen molar-refractivity contribution in [1.82, 2.24) is 14.8 Å². The van der Waals surface area contributed by atoms with Crippen molar-refractivity contribution in [2.75, 3.05) is 7.11 Å². The summed E-state index contributed by atoms with van der Waals surface area (Å²) in [5.41, 5.74) is 2.48. The first-order valence-electron chi connectivity index (χ1n) is 9.83. The van der Waals surface area contributed by atoms with Gasteiger partial charge in [-0.05, 0) is 56.3 Å². The highest BCUT2D eigenvalue weighted by Gasteiger charge is 2.32. The molecule has 1 aliphatic rings. The van der Waals surface area contributed by atoms with E-state index >= 15 is 0 Å². The minimum Gasteiger partial charge on any atom is -0.497 e. The molecule has 0 bridgehead atoms. The molecule has 1 atom stereocenters. The third-order valence-electron chi connectivity index (χ3n) is 5.38. The fraction of sp³-hybridized carbons (Fsp3) is 0.318. The highest BCUT2D eigenvalue weighted by molar-refractivity contribution is 7.13. The summed E-state index contributed by atoms with van der Waals surface area (Å²) in [4.78, 5) is 14.1. The number of esters is 1. The molecule has 30 heavy (non-hydrogen) atoms. The normalized spacial score (nSPS) is 14.8. The SMILES string of the molecule is COc1ccc2c(c1)c(C(=O)OC(C)c1nnc(-c3cccs3)o1)c(C)n2C1CC1. The van der Waals surface area contributed by atoms with Crippen LogP contribution < -0.4 is 4.74 Å². The molecule has 5 rings (SSSR count). The van der Waals surface area contributed by atoms with Gasteiger partial charge in [-0.15, -0.1) is 21.5 Å². The second kappa shape index (κ2) is 7.28. The van der Waals surface area contributed by atoms with Gasteiger partial charge in [-0.25, -0.2) is 4.79 Å². The number of ether oxygens (including phenoxy) is 2. The van der Waals surface area contributed by atoms with E-state index in [1.165, 1.54) is 11.3 Å². The third-order valence-corrected chi connectivity index (χ3v) is 6.23. The summed E-state index contributed by atoms with van der Waals surface area (Å²) in [7, 11) is 1.62. The van der Waals surface area contributed by atoms with Gasteiger partial charge in [0.05, 0.1) is 17.6 Å². The molecular formula is C22H21N3O4S. The molecule has 0 N–H and O–H groups in total. The summed E-state index contributed by atoms with van der Waals surface area (Å²) in [5, 5.41) is 10.9. The molecule has 1 saturated carbocycles. The molecule has 0 radical (unpaired) electrons. The Hall–Kier alpha value is -3.13. The Morgan fingerprint density at radius 2 is 2.13 bits per heavy atom. The number of rotatable bonds is 6. The van der Waals surface area contributed by atoms with Gasteiger partial charge < -0.3 is 18.5 Å². The van der Waals surface area contributed by atoms with E-state index < -0.39 is 12.1 Å². The molecular weight excluding hydrogens is 402 g/mol. The smallest absolute Gasteiger partial charge is 0.341 e. The summed E-state index contributed by atoms with van der Waals surface area (Å²) < 4.78 is 19.1. The monoisotopic (exact) mass is 423 g/mol. The van der Waals surface area contributed by atoms with Gasteiger partial charge in [-0.3, -0.25) is 0 Å². The molecule has 1 fully saturated rings. The van der Waals surface area contributed by atoms with Crippen LogP contribution in [-0.4, -0.2) is 27.8 Å². The lowest BCUT2D eigenvalue weighted by Gasteiger charge is -2.10. The van der Waals surface area contributed by atoms with E-state index in [1.807, 2.05) is 42.6 Å². The predicted molar refractivity (Wildman–Crippen MR) is 113 cm³/mol. The van der Waals surface area contributed by atoms with Crippen LogP contribution in [0.4, 0.5) is 0 Å². The number of nitrogens with zero attached hydrogens (tertiary/aromatic N) is 3. The topological polar surface area (TPSA) is 79.4 Å². The number of carbonyl (C=O) groups excluding carboxylic acids is 1. The van der Waals surface area contributed by atoms with Gasteiger partial charge >= 0.3 is 5.97 Å². The fourth-order valence-corrected chi connectivity index (χ4v) is 4.42. The lowest BCUT2D eigenvalue weighted by Crippen LogP contribution is -2.11. The lowest BCUT2D eigenvalue weighted by atomic mass is 10.1. The van der Waals surface area contributed by atoms with Crippen molar-refractivity contribution in [3.05, 3.63) is 52.9 Å². The molecule has 154 valence electrons. The van der Waals surface area contributed by atoms with E-state index in [-0.39, 0.29) is 5.89 Å². The van der Waals surface area contributed by atoms with E-state index in [2.05, 4.69) is 14.8 Å². The van der Waals surface area contributed by atoms with Crippen LogP contribution in [0, 0.1) is 6.92 Å². The van der Waals surface area contributed by atoms with Crippen molar-refractivity contribution in [3.8, 4) is 16.5 Å². The highest BCUT2D eigenvalue weighted by Crippen LogP contribution is 2.42. The number of hydrogen-bond donors (Lipinski definition) is 0. The van der Waals surface area contributed by atoms with Crippen LogP contribution in [0.5, 0.6) is 5.75 Å². The molecule has 8 heteroatoms. The van der Waals surface area contributed by atoms with Crippen molar-refractivity contribution in [1.29, 1.82) is 0 Å². The number of benzene rings is 1. The molecule has 0 amide bonds. The minimum atomic E-state index is -0.664. The second-order valence-electron chi connectivity index (χ2n) is 7.41. The van der Waals surface area contributed by atoms with Gasteiger partial charge in [-0.2, -0.15) is 0 Å². The number of carbonyl (C=O) groups is 1. The molecule has 0 aliphatic heterocycles. The lowest BCUT2D eigenvalue weighted by molar-refractivity contribution is 0.0281. The Morgan fingerprint density at radius 1 is 1.30 bits per heavy atom. The number of methoxy groups -OCH3 is 1. The Bertz CT molecular complexity index is 1220. The Balaban J connectivity index is 1.46. The largest absolute Gasteiger partial charge is 0.497 e. The van der Waals surface area contributed by atoms with Gasteiger partial charge in [-0.1, -0.05) is 6.07 Å². The molecule has 4 aromatic rings. The predicted octanol–water partition coefficient (Wildman–Crippen LogP) is 5.32. The molecule has 3 aromatic heterocycles. The maximum absolute atomic E-state index is 13.2. The van der Waals surface area contributed by atoms with Crippen molar-refractivity contribution in [2.24, 2.45) is 0 Å². The first-order chi connectivity index (χ1) is 14.6. The van der Waals surface area contributed by atoms with Gasteiger partial charge in [0.25, 0.3) is 11.8 Å². The van der Waals surface area contributed by atoms with Crippen molar-refractivity contribution < 1.29 is 18.7 Å². The van der Waals surface area contributed by atoms with Crippen molar-refractivity contribution in [3.63, 3.8) is 0 Å². The molecule has 7 nitrogen and oxygen atoms in total. The minimum absolute atomic E-state index is 0.271. The maximum Gasteiger partial charge on any atom is 0.341 e. The van der Waals surface area contributed by atoms with E-state index in [9.17, 15) is 4.79 Å². The number of hydrogen-bond acceptors (Lipinski definition) is 7. The van der Waals surface area contributed by atoms with Crippen LogP contribution in [0.25, 0.3) is 21.7 Å². The zero-order valence-electron chi connectivity index (χ0n) is 16.9. The van der Waals surface area contributed by atoms with Crippen molar-refractivity contribution >= 4 is 28.2 Å². The summed E-state index contributed by atoms with van der Waals surface area (Å²) in [6.07, 6.45) is 1.58. The van der Waals surface area contributed by atoms with Crippen LogP contribution in [0.1, 0.15) is 53.9 Å². The zero-order chi connectivity index (χ0) is 20.8. The molecule has 1 aliphatic carbocycles. The number of thiophene rings is 1. The van der Waals surface area contributed by atoms with Crippen molar-refractivity contribution in [2.45, 2.75) is 38.8 Å². The molecule has 0 spiro atoms. The van der Waals surface area contributed by atoms with E-state index in [4.69, 9.17) is 13.9 Å². The molecule has 1 unspecified atom stereocenters. The Morgan fingerprint density at radius 3 is 2.83 bits per heavy atom. The molecule has 1 aromatic carbocycles. The van der Waals surface area contributed by atoms with Gasteiger partial charge in [0.15, 0.2) is 6.10 Å². The first kappa shape index (κ1) is 18.9. The van der Waals surface area contributed by atoms with Gasteiger partial charge in [0.2, 0.25) is 0 Å². The summed E-state index contributed by atoms with van der Waals surface area (Å²) in [5.74, 6) is 0.991. The molecule has 0 saturated heterocycles. The van der Waals surface area contributed by atoms with Crippen LogP contribution in [0.3, 0.4) is 0 Å². The quantitative estimate of drug-likeness (QED) is 0.390. The zero-order valence-corrected chi connectivity index (χ0v) is 17.7. The Kier molecular flexibility index (Phi) is 4.58. The van der Waals surface area contributed by atoms with Gasteiger partial charge in [0, 0.05) is 22.6 Å². The standard InChI is InChI=1S/C22H21N3O4S/c1-12-19(16-11-15(27-3)8-9-17(16)25(12)14-6-7-14)22(26)28-13(2)20-23-24-21(29-20)18-5-4-10-30-18/h4-5,8-11,13-14H,6-7H2,1-3H3. The second-order valence-corrected chi connectivity index (χ2v) is 8.36. The number of aromatic nitrogens is 3. The first-order valence-corrected chi connectivity index (χ1v) is 10.7. The Labute approximate surface area is 177 Å². The summed E-state index contributed by atoms with van der Waals surface area (Å²) in [6.45, 7) is 3.70. The van der Waals surface area contributed by atoms with Crippen LogP contribution in [0.2, 0.25) is 0 Å². The number of fused-ring (bicyclic) bond motifs is 1. The van der Waals surface area contributed by atoms with Gasteiger partial charge in [0.1, 0.15) is 5.75 Å². The summed E-state index contributed by atoms with van der Waals surface area (Å²) >= 11 is 1.51. The van der Waals surface area contributed by atoms with Crippen LogP contribution in [0.15, 0.2) is 40.1 Å². The van der Waals surface area contributed by atoms with E-state index in [0.717, 1.165) is 34.3 Å². The average molecular weight is 423 g/mol. The van der Waals surface area contributed by atoms with E-state index in [1.54, 1.807) is 14.0 Å². The third kappa shape index (κ3) is 3.17.